The zero-order chi connectivity index (χ0) is 15.4. The number of rotatable bonds is 5. The smallest absolute Gasteiger partial charge is 0.175 e. The number of nitrogens with zero attached hydrogens (tertiary/aromatic N) is 4. The van der Waals surface area contributed by atoms with E-state index in [1.54, 1.807) is 17.1 Å². The highest BCUT2D eigenvalue weighted by molar-refractivity contribution is 7.99. The van der Waals surface area contributed by atoms with Gasteiger partial charge in [0, 0.05) is 18.0 Å². The third-order valence-electron chi connectivity index (χ3n) is 3.09. The molecule has 0 fully saturated rings. The first-order chi connectivity index (χ1) is 10.7. The SMILES string of the molecule is Cc1ccc(C(=O)CSc2ccc(-n3cccn3)nn2)cc1. The quantitative estimate of drug-likeness (QED) is 0.535. The van der Waals surface area contributed by atoms with Gasteiger partial charge in [-0.15, -0.1) is 10.2 Å². The van der Waals surface area contributed by atoms with E-state index < -0.39 is 0 Å². The molecule has 2 heterocycles. The van der Waals surface area contributed by atoms with E-state index in [2.05, 4.69) is 15.3 Å². The Balaban J connectivity index is 1.61. The van der Waals surface area contributed by atoms with Gasteiger partial charge in [0.05, 0.1) is 5.75 Å². The predicted molar refractivity (Wildman–Crippen MR) is 85.4 cm³/mol. The second-order valence-corrected chi connectivity index (χ2v) is 5.75. The summed E-state index contributed by atoms with van der Waals surface area (Å²) in [6.07, 6.45) is 3.49. The summed E-state index contributed by atoms with van der Waals surface area (Å²) in [6.45, 7) is 2.00. The number of hydrogen-bond acceptors (Lipinski definition) is 5. The Hall–Kier alpha value is -2.47. The van der Waals surface area contributed by atoms with E-state index in [4.69, 9.17) is 0 Å². The molecule has 0 saturated heterocycles. The van der Waals surface area contributed by atoms with Gasteiger partial charge in [-0.2, -0.15) is 5.10 Å². The summed E-state index contributed by atoms with van der Waals surface area (Å²) >= 11 is 1.38. The maximum absolute atomic E-state index is 12.1. The molecule has 0 aliphatic carbocycles. The van der Waals surface area contributed by atoms with Crippen molar-refractivity contribution in [2.75, 3.05) is 5.75 Å². The monoisotopic (exact) mass is 310 g/mol. The van der Waals surface area contributed by atoms with Crippen molar-refractivity contribution < 1.29 is 4.79 Å². The Bertz CT molecular complexity index is 752. The van der Waals surface area contributed by atoms with E-state index in [9.17, 15) is 4.79 Å². The van der Waals surface area contributed by atoms with Gasteiger partial charge in [-0.3, -0.25) is 4.79 Å². The number of aryl methyl sites for hydroxylation is 1. The summed E-state index contributed by atoms with van der Waals surface area (Å²) in [5, 5.41) is 13.0. The van der Waals surface area contributed by atoms with Gasteiger partial charge in [-0.25, -0.2) is 4.68 Å². The highest BCUT2D eigenvalue weighted by atomic mass is 32.2. The number of carbonyl (C=O) groups is 1. The first-order valence-electron chi connectivity index (χ1n) is 6.79. The first kappa shape index (κ1) is 14.5. The van der Waals surface area contributed by atoms with Crippen LogP contribution in [0, 0.1) is 6.92 Å². The molecule has 0 atom stereocenters. The van der Waals surface area contributed by atoms with Crippen LogP contribution in [0.1, 0.15) is 15.9 Å². The molecule has 1 aromatic carbocycles. The van der Waals surface area contributed by atoms with E-state index in [0.717, 1.165) is 16.2 Å². The maximum atomic E-state index is 12.1. The van der Waals surface area contributed by atoms with E-state index in [1.165, 1.54) is 11.8 Å². The van der Waals surface area contributed by atoms with E-state index >= 15 is 0 Å². The lowest BCUT2D eigenvalue weighted by Crippen LogP contribution is -2.03. The van der Waals surface area contributed by atoms with E-state index in [1.807, 2.05) is 49.4 Å². The summed E-state index contributed by atoms with van der Waals surface area (Å²) in [6, 6.07) is 13.1. The second-order valence-electron chi connectivity index (χ2n) is 4.76. The fraction of sp³-hybridized carbons (Fsp3) is 0.125. The molecule has 0 saturated carbocycles. The van der Waals surface area contributed by atoms with Gasteiger partial charge < -0.3 is 0 Å². The van der Waals surface area contributed by atoms with Crippen LogP contribution in [0.15, 0.2) is 59.9 Å². The molecule has 0 aliphatic rings. The third-order valence-corrected chi connectivity index (χ3v) is 4.01. The summed E-state index contributed by atoms with van der Waals surface area (Å²) < 4.78 is 1.64. The molecule has 3 rings (SSSR count). The molecule has 0 spiro atoms. The minimum Gasteiger partial charge on any atom is -0.293 e. The number of benzene rings is 1. The van der Waals surface area contributed by atoms with Crippen molar-refractivity contribution in [1.82, 2.24) is 20.0 Å². The molecule has 22 heavy (non-hydrogen) atoms. The minimum atomic E-state index is 0.0861. The molecule has 110 valence electrons. The van der Waals surface area contributed by atoms with Crippen LogP contribution in [0.25, 0.3) is 5.82 Å². The number of carbonyl (C=O) groups excluding carboxylic acids is 1. The van der Waals surface area contributed by atoms with Gasteiger partial charge in [-0.05, 0) is 25.1 Å². The highest BCUT2D eigenvalue weighted by Gasteiger charge is 2.08. The molecular weight excluding hydrogens is 296 g/mol. The Morgan fingerprint density at radius 2 is 1.95 bits per heavy atom. The first-order valence-corrected chi connectivity index (χ1v) is 7.77. The maximum Gasteiger partial charge on any atom is 0.175 e. The Labute approximate surface area is 132 Å². The van der Waals surface area contributed by atoms with Crippen molar-refractivity contribution in [2.24, 2.45) is 0 Å². The standard InChI is InChI=1S/C16H14N4OS/c1-12-3-5-13(6-4-12)14(21)11-22-16-8-7-15(18-19-16)20-10-2-9-17-20/h2-10H,11H2,1H3. The molecule has 0 amide bonds. The van der Waals surface area contributed by atoms with Crippen LogP contribution < -0.4 is 0 Å². The van der Waals surface area contributed by atoms with Crippen molar-refractivity contribution in [3.63, 3.8) is 0 Å². The summed E-state index contributed by atoms with van der Waals surface area (Å²) in [5.41, 5.74) is 1.86. The van der Waals surface area contributed by atoms with Crippen molar-refractivity contribution in [3.05, 3.63) is 66.0 Å². The normalized spacial score (nSPS) is 10.6. The Kier molecular flexibility index (Phi) is 4.29. The molecule has 3 aromatic rings. The van der Waals surface area contributed by atoms with Gasteiger partial charge in [-0.1, -0.05) is 41.6 Å². The van der Waals surface area contributed by atoms with Crippen LogP contribution in [0.5, 0.6) is 0 Å². The average molecular weight is 310 g/mol. The van der Waals surface area contributed by atoms with Gasteiger partial charge in [0.2, 0.25) is 0 Å². The summed E-state index contributed by atoms with van der Waals surface area (Å²) in [5.74, 6) is 1.08. The number of thioether (sulfide) groups is 1. The van der Waals surface area contributed by atoms with Crippen LogP contribution in [0.4, 0.5) is 0 Å². The molecule has 0 bridgehead atoms. The minimum absolute atomic E-state index is 0.0861. The van der Waals surface area contributed by atoms with Crippen LogP contribution in [0.2, 0.25) is 0 Å². The zero-order valence-corrected chi connectivity index (χ0v) is 12.8. The Morgan fingerprint density at radius 1 is 1.14 bits per heavy atom. The number of ketones is 1. The second kappa shape index (κ2) is 6.53. The number of Topliss-reactive ketones (excluding diaryl/α,β-unsaturated/α-hetero) is 1. The van der Waals surface area contributed by atoms with Gasteiger partial charge in [0.15, 0.2) is 11.6 Å². The topological polar surface area (TPSA) is 60.7 Å². The van der Waals surface area contributed by atoms with E-state index in [0.29, 0.717) is 11.6 Å². The molecule has 0 N–H and O–H groups in total. The van der Waals surface area contributed by atoms with Crippen LogP contribution in [-0.4, -0.2) is 31.5 Å². The molecule has 2 aromatic heterocycles. The molecule has 0 aliphatic heterocycles. The van der Waals surface area contributed by atoms with Gasteiger partial charge >= 0.3 is 0 Å². The molecule has 0 radical (unpaired) electrons. The van der Waals surface area contributed by atoms with Crippen LogP contribution >= 0.6 is 11.8 Å². The molecule has 6 heteroatoms. The number of aromatic nitrogens is 4. The van der Waals surface area contributed by atoms with Gasteiger partial charge in [0.25, 0.3) is 0 Å². The number of hydrogen-bond donors (Lipinski definition) is 0. The highest BCUT2D eigenvalue weighted by Crippen LogP contribution is 2.17. The fourth-order valence-corrected chi connectivity index (χ4v) is 2.59. The van der Waals surface area contributed by atoms with E-state index in [-0.39, 0.29) is 5.78 Å². The van der Waals surface area contributed by atoms with Crippen molar-refractivity contribution in [2.45, 2.75) is 11.9 Å². The average Bonchev–Trinajstić information content (AvgIpc) is 3.08. The Morgan fingerprint density at radius 3 is 2.59 bits per heavy atom. The van der Waals surface area contributed by atoms with Crippen LogP contribution in [0.3, 0.4) is 0 Å². The lowest BCUT2D eigenvalue weighted by molar-refractivity contribution is 0.102. The third kappa shape index (κ3) is 3.40. The largest absolute Gasteiger partial charge is 0.293 e. The lowest BCUT2D eigenvalue weighted by atomic mass is 10.1. The molecule has 5 nitrogen and oxygen atoms in total. The predicted octanol–water partition coefficient (Wildman–Crippen LogP) is 2.95. The van der Waals surface area contributed by atoms with Crippen molar-refractivity contribution in [1.29, 1.82) is 0 Å². The van der Waals surface area contributed by atoms with Crippen LogP contribution in [-0.2, 0) is 0 Å². The lowest BCUT2D eigenvalue weighted by Gasteiger charge is -2.03. The molecular formula is C16H14N4OS. The summed E-state index contributed by atoms with van der Waals surface area (Å²) in [4.78, 5) is 12.1. The zero-order valence-electron chi connectivity index (χ0n) is 12.0. The summed E-state index contributed by atoms with van der Waals surface area (Å²) in [7, 11) is 0. The van der Waals surface area contributed by atoms with Crippen molar-refractivity contribution in [3.8, 4) is 5.82 Å². The molecule has 0 unspecified atom stereocenters. The van der Waals surface area contributed by atoms with Gasteiger partial charge in [0.1, 0.15) is 5.03 Å². The van der Waals surface area contributed by atoms with Crippen molar-refractivity contribution >= 4 is 17.5 Å². The fourth-order valence-electron chi connectivity index (χ4n) is 1.88.